The molecule has 2 bridgehead atoms. The van der Waals surface area contributed by atoms with Gasteiger partial charge in [0.25, 0.3) is 0 Å². The predicted molar refractivity (Wildman–Crippen MR) is 89.6 cm³/mol. The lowest BCUT2D eigenvalue weighted by atomic mass is 9.82. The summed E-state index contributed by atoms with van der Waals surface area (Å²) < 4.78 is 0. The molecule has 3 aliphatic rings. The van der Waals surface area contributed by atoms with Crippen molar-refractivity contribution in [2.45, 2.75) is 57.5 Å². The van der Waals surface area contributed by atoms with Gasteiger partial charge in [0.2, 0.25) is 0 Å². The van der Waals surface area contributed by atoms with Gasteiger partial charge in [-0.1, -0.05) is 13.3 Å². The molecule has 0 radical (unpaired) electrons. The molecule has 2 aliphatic carbocycles. The molecule has 3 nitrogen and oxygen atoms in total. The Labute approximate surface area is 131 Å². The van der Waals surface area contributed by atoms with Gasteiger partial charge in [0.05, 0.1) is 0 Å². The van der Waals surface area contributed by atoms with Crippen LogP contribution in [0.5, 0.6) is 0 Å². The molecule has 3 heteroatoms. The first kappa shape index (κ1) is 15.8. The van der Waals surface area contributed by atoms with Crippen molar-refractivity contribution in [1.29, 1.82) is 0 Å². The van der Waals surface area contributed by atoms with Crippen molar-refractivity contribution < 1.29 is 0 Å². The lowest BCUT2D eigenvalue weighted by molar-refractivity contribution is 0.151. The molecule has 0 amide bonds. The van der Waals surface area contributed by atoms with Gasteiger partial charge in [0.15, 0.2) is 0 Å². The zero-order valence-corrected chi connectivity index (χ0v) is 14.4. The Hall–Kier alpha value is -0.120. The summed E-state index contributed by atoms with van der Waals surface area (Å²) in [6, 6.07) is 1.38. The summed E-state index contributed by atoms with van der Waals surface area (Å²) in [6.45, 7) is 7.13. The van der Waals surface area contributed by atoms with Gasteiger partial charge < -0.3 is 15.1 Å². The van der Waals surface area contributed by atoms with Gasteiger partial charge in [-0.05, 0) is 83.6 Å². The van der Waals surface area contributed by atoms with Crippen LogP contribution in [0.1, 0.15) is 45.4 Å². The number of hydrogen-bond acceptors (Lipinski definition) is 3. The van der Waals surface area contributed by atoms with E-state index >= 15 is 0 Å². The Balaban J connectivity index is 1.64. The molecule has 2 saturated carbocycles. The smallest absolute Gasteiger partial charge is 0.0373 e. The van der Waals surface area contributed by atoms with Gasteiger partial charge in [-0.2, -0.15) is 0 Å². The number of likely N-dealkylation sites (N-methyl/N-ethyl adjacent to an activating group) is 3. The van der Waals surface area contributed by atoms with E-state index in [0.717, 1.165) is 24.3 Å². The van der Waals surface area contributed by atoms with Crippen LogP contribution in [0.3, 0.4) is 0 Å². The standard InChI is InChI=1S/C18H35N3/c1-4-19-17(12-16-11-14-6-7-15(16)10-14)18-13-20(2)8-5-9-21(18)3/h14-19H,4-13H2,1-3H3. The second-order valence-electron chi connectivity index (χ2n) is 8.00. The van der Waals surface area contributed by atoms with Crippen LogP contribution in [0.4, 0.5) is 0 Å². The highest BCUT2D eigenvalue weighted by atomic mass is 15.2. The summed E-state index contributed by atoms with van der Waals surface area (Å²) in [6.07, 6.45) is 8.85. The molecule has 3 rings (SSSR count). The van der Waals surface area contributed by atoms with Crippen molar-refractivity contribution in [1.82, 2.24) is 15.1 Å². The molecule has 0 aromatic heterocycles. The molecule has 122 valence electrons. The number of hydrogen-bond donors (Lipinski definition) is 1. The zero-order chi connectivity index (χ0) is 14.8. The molecule has 5 unspecified atom stereocenters. The number of nitrogens with one attached hydrogen (secondary N) is 1. The van der Waals surface area contributed by atoms with Gasteiger partial charge in [-0.3, -0.25) is 0 Å². The quantitative estimate of drug-likeness (QED) is 0.840. The highest BCUT2D eigenvalue weighted by molar-refractivity contribution is 4.95. The van der Waals surface area contributed by atoms with E-state index < -0.39 is 0 Å². The fraction of sp³-hybridized carbons (Fsp3) is 1.00. The maximum absolute atomic E-state index is 3.85. The van der Waals surface area contributed by atoms with E-state index in [1.807, 2.05) is 0 Å². The van der Waals surface area contributed by atoms with Crippen LogP contribution >= 0.6 is 0 Å². The fourth-order valence-electron chi connectivity index (χ4n) is 5.37. The van der Waals surface area contributed by atoms with Crippen molar-refractivity contribution in [3.8, 4) is 0 Å². The first-order chi connectivity index (χ1) is 10.2. The molecule has 5 atom stereocenters. The average Bonchev–Trinajstić information content (AvgIpc) is 3.02. The Morgan fingerprint density at radius 1 is 1.14 bits per heavy atom. The summed E-state index contributed by atoms with van der Waals surface area (Å²) in [5.74, 6) is 3.15. The first-order valence-corrected chi connectivity index (χ1v) is 9.29. The van der Waals surface area contributed by atoms with E-state index in [9.17, 15) is 0 Å². The van der Waals surface area contributed by atoms with Crippen LogP contribution in [-0.2, 0) is 0 Å². The van der Waals surface area contributed by atoms with Crippen molar-refractivity contribution in [3.63, 3.8) is 0 Å². The minimum atomic E-state index is 0.685. The van der Waals surface area contributed by atoms with Crippen LogP contribution < -0.4 is 5.32 Å². The topological polar surface area (TPSA) is 18.5 Å². The summed E-state index contributed by atoms with van der Waals surface area (Å²) in [5.41, 5.74) is 0. The Kier molecular flexibility index (Phi) is 5.23. The van der Waals surface area contributed by atoms with E-state index in [1.54, 1.807) is 6.42 Å². The summed E-state index contributed by atoms with van der Waals surface area (Å²) in [5, 5.41) is 3.85. The molecular formula is C18H35N3. The fourth-order valence-corrected chi connectivity index (χ4v) is 5.37. The van der Waals surface area contributed by atoms with Gasteiger partial charge >= 0.3 is 0 Å². The van der Waals surface area contributed by atoms with Crippen LogP contribution in [0.2, 0.25) is 0 Å². The molecule has 1 heterocycles. The summed E-state index contributed by atoms with van der Waals surface area (Å²) in [4.78, 5) is 5.17. The predicted octanol–water partition coefficient (Wildman–Crippen LogP) is 2.43. The largest absolute Gasteiger partial charge is 0.313 e. The highest BCUT2D eigenvalue weighted by Gasteiger charge is 2.41. The number of fused-ring (bicyclic) bond motifs is 2. The first-order valence-electron chi connectivity index (χ1n) is 9.29. The summed E-state index contributed by atoms with van der Waals surface area (Å²) in [7, 11) is 4.64. The highest BCUT2D eigenvalue weighted by Crippen LogP contribution is 2.50. The molecule has 1 N–H and O–H groups in total. The SMILES string of the molecule is CCNC(CC1CC2CCC1C2)C1CN(C)CCCN1C. The van der Waals surface area contributed by atoms with Gasteiger partial charge in [0.1, 0.15) is 0 Å². The van der Waals surface area contributed by atoms with E-state index in [4.69, 9.17) is 0 Å². The minimum absolute atomic E-state index is 0.685. The minimum Gasteiger partial charge on any atom is -0.313 e. The summed E-state index contributed by atoms with van der Waals surface area (Å²) >= 11 is 0. The van der Waals surface area contributed by atoms with Crippen LogP contribution in [0, 0.1) is 17.8 Å². The third-order valence-corrected chi connectivity index (χ3v) is 6.49. The molecular weight excluding hydrogens is 258 g/mol. The average molecular weight is 293 g/mol. The van der Waals surface area contributed by atoms with E-state index in [1.165, 1.54) is 51.7 Å². The van der Waals surface area contributed by atoms with Crippen LogP contribution in [0.15, 0.2) is 0 Å². The zero-order valence-electron chi connectivity index (χ0n) is 14.4. The number of rotatable bonds is 5. The second kappa shape index (κ2) is 6.97. The third kappa shape index (κ3) is 3.62. The monoisotopic (exact) mass is 293 g/mol. The molecule has 3 fully saturated rings. The van der Waals surface area contributed by atoms with Gasteiger partial charge in [-0.15, -0.1) is 0 Å². The van der Waals surface area contributed by atoms with Crippen LogP contribution in [0.25, 0.3) is 0 Å². The molecule has 0 spiro atoms. The van der Waals surface area contributed by atoms with Crippen molar-refractivity contribution in [2.24, 2.45) is 17.8 Å². The van der Waals surface area contributed by atoms with Crippen molar-refractivity contribution in [3.05, 3.63) is 0 Å². The molecule has 21 heavy (non-hydrogen) atoms. The van der Waals surface area contributed by atoms with E-state index in [-0.39, 0.29) is 0 Å². The Bertz CT molecular complexity index is 332. The van der Waals surface area contributed by atoms with Crippen molar-refractivity contribution in [2.75, 3.05) is 40.3 Å². The third-order valence-electron chi connectivity index (χ3n) is 6.49. The molecule has 0 aromatic rings. The lowest BCUT2D eigenvalue weighted by Crippen LogP contribution is -2.53. The van der Waals surface area contributed by atoms with Gasteiger partial charge in [-0.25, -0.2) is 0 Å². The van der Waals surface area contributed by atoms with E-state index in [2.05, 4.69) is 36.1 Å². The lowest BCUT2D eigenvalue weighted by Gasteiger charge is -2.37. The second-order valence-corrected chi connectivity index (χ2v) is 8.00. The normalized spacial score (nSPS) is 39.6. The van der Waals surface area contributed by atoms with Crippen LogP contribution in [-0.4, -0.2) is 62.2 Å². The Morgan fingerprint density at radius 3 is 2.67 bits per heavy atom. The molecule has 1 aliphatic heterocycles. The van der Waals surface area contributed by atoms with Gasteiger partial charge in [0, 0.05) is 18.6 Å². The maximum atomic E-state index is 3.85. The maximum Gasteiger partial charge on any atom is 0.0373 e. The van der Waals surface area contributed by atoms with E-state index in [0.29, 0.717) is 12.1 Å². The molecule has 0 aromatic carbocycles. The van der Waals surface area contributed by atoms with Crippen molar-refractivity contribution >= 4 is 0 Å². The molecule has 1 saturated heterocycles. The Morgan fingerprint density at radius 2 is 2.00 bits per heavy atom. The number of nitrogens with zero attached hydrogens (tertiary/aromatic N) is 2.